The first kappa shape index (κ1) is 18.1. The third kappa shape index (κ3) is 5.15. The first-order valence-corrected chi connectivity index (χ1v) is 7.94. The third-order valence-electron chi connectivity index (χ3n) is 3.66. The lowest BCUT2D eigenvalue weighted by atomic mass is 9.96. The molecule has 0 saturated carbocycles. The van der Waals surface area contributed by atoms with Crippen molar-refractivity contribution in [1.82, 2.24) is 10.3 Å². The van der Waals surface area contributed by atoms with Crippen LogP contribution in [0.5, 0.6) is 0 Å². The minimum Gasteiger partial charge on any atom is -0.384 e. The van der Waals surface area contributed by atoms with Crippen LogP contribution >= 0.6 is 11.6 Å². The van der Waals surface area contributed by atoms with Crippen LogP contribution < -0.4 is 5.32 Å². The Balaban J connectivity index is 1.82. The molecule has 1 atom stereocenters. The summed E-state index contributed by atoms with van der Waals surface area (Å²) in [5.74, 6) is -0.427. The molecule has 2 rings (SSSR count). The van der Waals surface area contributed by atoms with Gasteiger partial charge in [0.1, 0.15) is 5.60 Å². The van der Waals surface area contributed by atoms with E-state index in [1.54, 1.807) is 49.5 Å². The highest BCUT2D eigenvalue weighted by atomic mass is 35.5. The zero-order valence-electron chi connectivity index (χ0n) is 13.3. The number of aliphatic hydroxyl groups is 1. The van der Waals surface area contributed by atoms with Gasteiger partial charge in [-0.2, -0.15) is 0 Å². The van der Waals surface area contributed by atoms with Gasteiger partial charge in [-0.1, -0.05) is 23.7 Å². The molecule has 1 amide bonds. The molecule has 1 heterocycles. The van der Waals surface area contributed by atoms with Gasteiger partial charge in [0.15, 0.2) is 5.78 Å². The largest absolute Gasteiger partial charge is 0.384 e. The van der Waals surface area contributed by atoms with Gasteiger partial charge in [-0.15, -0.1) is 0 Å². The fraction of sp³-hybridized carbons (Fsp3) is 0.278. The van der Waals surface area contributed by atoms with E-state index in [9.17, 15) is 14.7 Å². The highest BCUT2D eigenvalue weighted by Crippen LogP contribution is 2.21. The Morgan fingerprint density at radius 1 is 1.21 bits per heavy atom. The first-order chi connectivity index (χ1) is 11.4. The molecule has 126 valence electrons. The second-order valence-electron chi connectivity index (χ2n) is 5.72. The average Bonchev–Trinajstić information content (AvgIpc) is 2.59. The Bertz CT molecular complexity index is 700. The van der Waals surface area contributed by atoms with Crippen LogP contribution in [0.4, 0.5) is 0 Å². The molecule has 24 heavy (non-hydrogen) atoms. The van der Waals surface area contributed by atoms with Crippen molar-refractivity contribution >= 4 is 23.3 Å². The molecule has 1 aromatic heterocycles. The van der Waals surface area contributed by atoms with E-state index >= 15 is 0 Å². The molecule has 5 nitrogen and oxygen atoms in total. The van der Waals surface area contributed by atoms with Gasteiger partial charge in [-0.25, -0.2) is 0 Å². The number of carbonyl (C=O) groups is 2. The SMILES string of the molecule is CC(O)(CNC(=O)CCC(=O)c1cccnc1)c1ccc(Cl)cc1. The lowest BCUT2D eigenvalue weighted by molar-refractivity contribution is -0.122. The third-order valence-corrected chi connectivity index (χ3v) is 3.91. The van der Waals surface area contributed by atoms with Gasteiger partial charge in [-0.3, -0.25) is 14.6 Å². The highest BCUT2D eigenvalue weighted by Gasteiger charge is 2.23. The summed E-state index contributed by atoms with van der Waals surface area (Å²) in [6, 6.07) is 10.1. The van der Waals surface area contributed by atoms with Crippen LogP contribution in [-0.4, -0.2) is 28.3 Å². The molecule has 0 aliphatic heterocycles. The Hall–Kier alpha value is -2.24. The lowest BCUT2D eigenvalue weighted by Gasteiger charge is -2.24. The quantitative estimate of drug-likeness (QED) is 0.755. The number of nitrogens with one attached hydrogen (secondary N) is 1. The van der Waals surface area contributed by atoms with Crippen molar-refractivity contribution in [2.45, 2.75) is 25.4 Å². The van der Waals surface area contributed by atoms with Crippen LogP contribution in [0.15, 0.2) is 48.8 Å². The van der Waals surface area contributed by atoms with Crippen molar-refractivity contribution in [2.75, 3.05) is 6.54 Å². The average molecular weight is 347 g/mol. The Morgan fingerprint density at radius 2 is 1.92 bits per heavy atom. The predicted octanol–water partition coefficient (Wildman–Crippen LogP) is 2.72. The number of ketones is 1. The topological polar surface area (TPSA) is 79.3 Å². The maximum absolute atomic E-state index is 11.9. The Labute approximate surface area is 145 Å². The monoisotopic (exact) mass is 346 g/mol. The van der Waals surface area contributed by atoms with Crippen molar-refractivity contribution in [3.8, 4) is 0 Å². The zero-order valence-corrected chi connectivity index (χ0v) is 14.1. The molecule has 6 heteroatoms. The van der Waals surface area contributed by atoms with E-state index in [0.29, 0.717) is 16.1 Å². The number of nitrogens with zero attached hydrogens (tertiary/aromatic N) is 1. The lowest BCUT2D eigenvalue weighted by Crippen LogP contribution is -2.38. The molecule has 0 aliphatic carbocycles. The number of carbonyl (C=O) groups excluding carboxylic acids is 2. The van der Waals surface area contributed by atoms with Crippen molar-refractivity contribution in [3.05, 3.63) is 64.9 Å². The summed E-state index contributed by atoms with van der Waals surface area (Å²) in [6.45, 7) is 1.66. The molecule has 2 N–H and O–H groups in total. The van der Waals surface area contributed by atoms with E-state index < -0.39 is 5.60 Å². The van der Waals surface area contributed by atoms with Crippen molar-refractivity contribution in [2.24, 2.45) is 0 Å². The number of hydrogen-bond donors (Lipinski definition) is 2. The summed E-state index contributed by atoms with van der Waals surface area (Å²) in [5, 5.41) is 13.7. The molecule has 2 aromatic rings. The van der Waals surface area contributed by atoms with Crippen LogP contribution in [-0.2, 0) is 10.4 Å². The number of aromatic nitrogens is 1. The molecule has 1 unspecified atom stereocenters. The number of Topliss-reactive ketones (excluding diaryl/α,β-unsaturated/α-hetero) is 1. The first-order valence-electron chi connectivity index (χ1n) is 7.57. The number of pyridine rings is 1. The maximum Gasteiger partial charge on any atom is 0.220 e. The predicted molar refractivity (Wildman–Crippen MR) is 91.8 cm³/mol. The summed E-state index contributed by atoms with van der Waals surface area (Å²) >= 11 is 5.82. The summed E-state index contributed by atoms with van der Waals surface area (Å²) in [7, 11) is 0. The summed E-state index contributed by atoms with van der Waals surface area (Å²) < 4.78 is 0. The molecule has 0 radical (unpaired) electrons. The second kappa shape index (κ2) is 8.04. The molecule has 0 fully saturated rings. The minimum absolute atomic E-state index is 0.0501. The molecule has 0 spiro atoms. The van der Waals surface area contributed by atoms with Crippen molar-refractivity contribution in [3.63, 3.8) is 0 Å². The molecule has 0 bridgehead atoms. The van der Waals surface area contributed by atoms with Gasteiger partial charge in [-0.05, 0) is 36.8 Å². The number of hydrogen-bond acceptors (Lipinski definition) is 4. The van der Waals surface area contributed by atoms with Gasteiger partial charge in [0.2, 0.25) is 5.91 Å². The number of halogens is 1. The van der Waals surface area contributed by atoms with E-state index in [4.69, 9.17) is 11.6 Å². The molecule has 1 aromatic carbocycles. The van der Waals surface area contributed by atoms with E-state index in [1.165, 1.54) is 6.20 Å². The highest BCUT2D eigenvalue weighted by molar-refractivity contribution is 6.30. The molecular formula is C18H19ClN2O3. The normalized spacial score (nSPS) is 13.1. The van der Waals surface area contributed by atoms with Crippen LogP contribution in [0.2, 0.25) is 5.02 Å². The van der Waals surface area contributed by atoms with E-state index in [-0.39, 0.29) is 31.1 Å². The molecule has 0 saturated heterocycles. The number of benzene rings is 1. The van der Waals surface area contributed by atoms with Gasteiger partial charge >= 0.3 is 0 Å². The second-order valence-corrected chi connectivity index (χ2v) is 6.16. The Morgan fingerprint density at radius 3 is 2.54 bits per heavy atom. The summed E-state index contributed by atoms with van der Waals surface area (Å²) in [6.07, 6.45) is 3.22. The number of amides is 1. The van der Waals surface area contributed by atoms with E-state index in [0.717, 1.165) is 0 Å². The number of rotatable bonds is 7. The van der Waals surface area contributed by atoms with Crippen molar-refractivity contribution < 1.29 is 14.7 Å². The Kier molecular flexibility index (Phi) is 6.06. The smallest absolute Gasteiger partial charge is 0.220 e. The van der Waals surface area contributed by atoms with Gasteiger partial charge < -0.3 is 10.4 Å². The zero-order chi connectivity index (χ0) is 17.6. The standard InChI is InChI=1S/C18H19ClN2O3/c1-18(24,14-4-6-15(19)7-5-14)12-21-17(23)9-8-16(22)13-3-2-10-20-11-13/h2-7,10-11,24H,8-9,12H2,1H3,(H,21,23). The molecule has 0 aliphatic rings. The van der Waals surface area contributed by atoms with Gasteiger partial charge in [0.25, 0.3) is 0 Å². The summed E-state index contributed by atoms with van der Waals surface area (Å²) in [4.78, 5) is 27.7. The van der Waals surface area contributed by atoms with Crippen LogP contribution in [0.1, 0.15) is 35.7 Å². The fourth-order valence-corrected chi connectivity index (χ4v) is 2.30. The minimum atomic E-state index is -1.21. The van der Waals surface area contributed by atoms with E-state index in [1.807, 2.05) is 0 Å². The van der Waals surface area contributed by atoms with E-state index in [2.05, 4.69) is 10.3 Å². The van der Waals surface area contributed by atoms with Crippen LogP contribution in [0.25, 0.3) is 0 Å². The molecular weight excluding hydrogens is 328 g/mol. The van der Waals surface area contributed by atoms with Gasteiger partial charge in [0.05, 0.1) is 6.54 Å². The van der Waals surface area contributed by atoms with Gasteiger partial charge in [0, 0.05) is 35.8 Å². The van der Waals surface area contributed by atoms with Crippen LogP contribution in [0, 0.1) is 0 Å². The maximum atomic E-state index is 11.9. The van der Waals surface area contributed by atoms with Crippen molar-refractivity contribution in [1.29, 1.82) is 0 Å². The van der Waals surface area contributed by atoms with Crippen LogP contribution in [0.3, 0.4) is 0 Å². The summed E-state index contributed by atoms with van der Waals surface area (Å²) in [5.41, 5.74) is -0.0785. The fourth-order valence-electron chi connectivity index (χ4n) is 2.17.